The normalized spacial score (nSPS) is 10.6. The third-order valence-electron chi connectivity index (χ3n) is 2.84. The van der Waals surface area contributed by atoms with Gasteiger partial charge in [0.1, 0.15) is 0 Å². The second-order valence-electron chi connectivity index (χ2n) is 4.84. The molecule has 0 bridgehead atoms. The van der Waals surface area contributed by atoms with E-state index in [0.717, 1.165) is 0 Å². The Morgan fingerprint density at radius 2 is 1.26 bits per heavy atom. The quantitative estimate of drug-likeness (QED) is 0.311. The highest BCUT2D eigenvalue weighted by molar-refractivity contribution is 5.79. The van der Waals surface area contributed by atoms with Gasteiger partial charge in [0.2, 0.25) is 11.8 Å². The standard InChI is InChI=1S/C13H24N4O6/c1-3-15-11(19)7-17(9-13(22)23)5-4-16(8-12(20)21)6-10(18)14-2/h3-9H2,1-2H3,(H,14,18)(H,15,19)(H,20,21)(H,22,23). The number of aliphatic carboxylic acids is 2. The van der Waals surface area contributed by atoms with E-state index in [-0.39, 0.29) is 51.1 Å². The van der Waals surface area contributed by atoms with Crippen LogP contribution >= 0.6 is 0 Å². The van der Waals surface area contributed by atoms with E-state index < -0.39 is 11.9 Å². The lowest BCUT2D eigenvalue weighted by molar-refractivity contribution is -0.141. The average Bonchev–Trinajstić information content (AvgIpc) is 2.43. The van der Waals surface area contributed by atoms with Crippen LogP contribution in [0.4, 0.5) is 0 Å². The van der Waals surface area contributed by atoms with Crippen LogP contribution in [0.15, 0.2) is 0 Å². The van der Waals surface area contributed by atoms with Gasteiger partial charge < -0.3 is 20.8 Å². The predicted octanol–water partition coefficient (Wildman–Crippen LogP) is -2.36. The summed E-state index contributed by atoms with van der Waals surface area (Å²) in [5.74, 6) is -2.85. The zero-order valence-corrected chi connectivity index (χ0v) is 13.4. The summed E-state index contributed by atoms with van der Waals surface area (Å²) in [5.41, 5.74) is 0. The lowest BCUT2D eigenvalue weighted by Crippen LogP contribution is -2.46. The van der Waals surface area contributed by atoms with Crippen LogP contribution in [-0.4, -0.2) is 96.6 Å². The molecule has 0 aromatic rings. The van der Waals surface area contributed by atoms with Crippen molar-refractivity contribution in [3.05, 3.63) is 0 Å². The molecule has 0 spiro atoms. The van der Waals surface area contributed by atoms with Crippen LogP contribution in [0, 0.1) is 0 Å². The number of carboxylic acids is 2. The van der Waals surface area contributed by atoms with Gasteiger partial charge in [0, 0.05) is 26.7 Å². The summed E-state index contributed by atoms with van der Waals surface area (Å²) in [7, 11) is 1.44. The van der Waals surface area contributed by atoms with Crippen molar-refractivity contribution in [2.24, 2.45) is 0 Å². The topological polar surface area (TPSA) is 139 Å². The first kappa shape index (κ1) is 20.8. The fourth-order valence-electron chi connectivity index (χ4n) is 1.83. The molecule has 132 valence electrons. The zero-order chi connectivity index (χ0) is 17.8. The molecule has 0 atom stereocenters. The molecule has 0 saturated heterocycles. The van der Waals surface area contributed by atoms with Gasteiger partial charge >= 0.3 is 11.9 Å². The van der Waals surface area contributed by atoms with Gasteiger partial charge in [0.15, 0.2) is 0 Å². The molecule has 0 aliphatic heterocycles. The van der Waals surface area contributed by atoms with Gasteiger partial charge in [-0.15, -0.1) is 0 Å². The highest BCUT2D eigenvalue weighted by atomic mass is 16.4. The fourth-order valence-corrected chi connectivity index (χ4v) is 1.83. The molecule has 23 heavy (non-hydrogen) atoms. The van der Waals surface area contributed by atoms with E-state index in [2.05, 4.69) is 10.6 Å². The average molecular weight is 332 g/mol. The summed E-state index contributed by atoms with van der Waals surface area (Å²) in [4.78, 5) is 47.4. The Kier molecular flexibility index (Phi) is 10.3. The number of likely N-dealkylation sites (N-methyl/N-ethyl adjacent to an activating group) is 2. The number of nitrogens with one attached hydrogen (secondary N) is 2. The van der Waals surface area contributed by atoms with Crippen molar-refractivity contribution in [1.29, 1.82) is 0 Å². The lowest BCUT2D eigenvalue weighted by atomic mass is 10.3. The molecule has 0 radical (unpaired) electrons. The van der Waals surface area contributed by atoms with Crippen molar-refractivity contribution in [2.45, 2.75) is 6.92 Å². The van der Waals surface area contributed by atoms with Crippen LogP contribution in [0.1, 0.15) is 6.92 Å². The van der Waals surface area contributed by atoms with Gasteiger partial charge in [-0.2, -0.15) is 0 Å². The monoisotopic (exact) mass is 332 g/mol. The molecule has 0 aliphatic rings. The molecule has 0 heterocycles. The van der Waals surface area contributed by atoms with Crippen molar-refractivity contribution >= 4 is 23.8 Å². The summed E-state index contributed by atoms with van der Waals surface area (Å²) < 4.78 is 0. The van der Waals surface area contributed by atoms with Crippen molar-refractivity contribution in [2.75, 3.05) is 52.9 Å². The maximum atomic E-state index is 11.6. The molecule has 0 aromatic heterocycles. The van der Waals surface area contributed by atoms with E-state index in [1.54, 1.807) is 6.92 Å². The molecule has 0 aromatic carbocycles. The highest BCUT2D eigenvalue weighted by Crippen LogP contribution is 1.94. The predicted molar refractivity (Wildman–Crippen MR) is 80.9 cm³/mol. The Hall–Kier alpha value is -2.20. The maximum Gasteiger partial charge on any atom is 0.317 e. The Morgan fingerprint density at radius 3 is 1.61 bits per heavy atom. The number of hydrogen-bond donors (Lipinski definition) is 4. The van der Waals surface area contributed by atoms with Gasteiger partial charge in [-0.1, -0.05) is 0 Å². The number of carbonyl (C=O) groups excluding carboxylic acids is 2. The van der Waals surface area contributed by atoms with Crippen LogP contribution < -0.4 is 10.6 Å². The Labute approximate surface area is 134 Å². The first-order chi connectivity index (χ1) is 10.8. The first-order valence-electron chi connectivity index (χ1n) is 7.14. The van der Waals surface area contributed by atoms with Crippen LogP contribution in [0.3, 0.4) is 0 Å². The molecule has 0 rings (SSSR count). The van der Waals surface area contributed by atoms with Gasteiger partial charge in [-0.05, 0) is 6.92 Å². The third kappa shape index (κ3) is 11.1. The van der Waals surface area contributed by atoms with E-state index in [9.17, 15) is 19.2 Å². The number of amides is 2. The van der Waals surface area contributed by atoms with Gasteiger partial charge in [-0.25, -0.2) is 0 Å². The van der Waals surface area contributed by atoms with Gasteiger partial charge in [-0.3, -0.25) is 29.0 Å². The Morgan fingerprint density at radius 1 is 0.826 bits per heavy atom. The molecule has 0 fully saturated rings. The van der Waals surface area contributed by atoms with Crippen molar-refractivity contribution in [3.63, 3.8) is 0 Å². The largest absolute Gasteiger partial charge is 0.480 e. The summed E-state index contributed by atoms with van der Waals surface area (Å²) in [5, 5.41) is 22.7. The highest BCUT2D eigenvalue weighted by Gasteiger charge is 2.18. The van der Waals surface area contributed by atoms with E-state index in [0.29, 0.717) is 6.54 Å². The SMILES string of the molecule is CCNC(=O)CN(CCN(CC(=O)O)CC(=O)NC)CC(=O)O. The molecule has 0 saturated carbocycles. The van der Waals surface area contributed by atoms with E-state index in [4.69, 9.17) is 10.2 Å². The smallest absolute Gasteiger partial charge is 0.317 e. The second-order valence-corrected chi connectivity index (χ2v) is 4.84. The molecule has 0 aliphatic carbocycles. The van der Waals surface area contributed by atoms with Gasteiger partial charge in [0.05, 0.1) is 26.2 Å². The minimum absolute atomic E-state index is 0.110. The van der Waals surface area contributed by atoms with Crippen molar-refractivity contribution < 1.29 is 29.4 Å². The zero-order valence-electron chi connectivity index (χ0n) is 13.4. The molecule has 10 nitrogen and oxygen atoms in total. The molecular formula is C13H24N4O6. The molecule has 0 unspecified atom stereocenters. The van der Waals surface area contributed by atoms with Crippen LogP contribution in [0.25, 0.3) is 0 Å². The third-order valence-corrected chi connectivity index (χ3v) is 2.84. The fraction of sp³-hybridized carbons (Fsp3) is 0.692. The van der Waals surface area contributed by atoms with E-state index >= 15 is 0 Å². The number of hydrogen-bond acceptors (Lipinski definition) is 6. The summed E-state index contributed by atoms with van der Waals surface area (Å²) in [6.07, 6.45) is 0. The van der Waals surface area contributed by atoms with Crippen LogP contribution in [0.2, 0.25) is 0 Å². The second kappa shape index (κ2) is 11.4. The summed E-state index contributed by atoms with van der Waals surface area (Å²) in [6, 6.07) is 0. The van der Waals surface area contributed by atoms with Crippen LogP contribution in [0.5, 0.6) is 0 Å². The molecule has 10 heteroatoms. The number of carboxylic acid groups (broad SMARTS) is 2. The van der Waals surface area contributed by atoms with Crippen LogP contribution in [-0.2, 0) is 19.2 Å². The molecular weight excluding hydrogens is 308 g/mol. The molecule has 2 amide bonds. The molecule has 4 N–H and O–H groups in total. The van der Waals surface area contributed by atoms with E-state index in [1.165, 1.54) is 16.8 Å². The van der Waals surface area contributed by atoms with Gasteiger partial charge in [0.25, 0.3) is 0 Å². The summed E-state index contributed by atoms with van der Waals surface area (Å²) in [6.45, 7) is 1.54. The first-order valence-corrected chi connectivity index (χ1v) is 7.14. The number of rotatable bonds is 12. The minimum atomic E-state index is -1.09. The lowest BCUT2D eigenvalue weighted by Gasteiger charge is -2.24. The van der Waals surface area contributed by atoms with Crippen molar-refractivity contribution in [1.82, 2.24) is 20.4 Å². The summed E-state index contributed by atoms with van der Waals surface area (Å²) >= 11 is 0. The number of nitrogens with zero attached hydrogens (tertiary/aromatic N) is 2. The minimum Gasteiger partial charge on any atom is -0.480 e. The Bertz CT molecular complexity index is 429. The number of carbonyl (C=O) groups is 4. The Balaban J connectivity index is 4.65. The maximum absolute atomic E-state index is 11.6. The van der Waals surface area contributed by atoms with E-state index in [1.807, 2.05) is 0 Å². The van der Waals surface area contributed by atoms with Crippen molar-refractivity contribution in [3.8, 4) is 0 Å².